The van der Waals surface area contributed by atoms with Crippen molar-refractivity contribution < 1.29 is 13.9 Å². The van der Waals surface area contributed by atoms with Gasteiger partial charge in [-0.3, -0.25) is 0 Å². The lowest BCUT2D eigenvalue weighted by Gasteiger charge is -2.22. The third-order valence-corrected chi connectivity index (χ3v) is 6.49. The predicted molar refractivity (Wildman–Crippen MR) is 131 cm³/mol. The van der Waals surface area contributed by atoms with Crippen molar-refractivity contribution in [2.24, 2.45) is 0 Å². The van der Waals surface area contributed by atoms with Crippen LogP contribution in [0.15, 0.2) is 42.7 Å². The van der Waals surface area contributed by atoms with Crippen LogP contribution in [0.1, 0.15) is 16.7 Å². The topological polar surface area (TPSA) is 94.3 Å². The molecule has 0 aliphatic carbocycles. The first kappa shape index (κ1) is 20.7. The van der Waals surface area contributed by atoms with Crippen LogP contribution in [0.5, 0.6) is 5.88 Å². The van der Waals surface area contributed by atoms with Gasteiger partial charge in [0.05, 0.1) is 18.9 Å². The lowest BCUT2D eigenvalue weighted by atomic mass is 9.97. The zero-order valence-corrected chi connectivity index (χ0v) is 18.7. The molecule has 6 rings (SSSR count). The van der Waals surface area contributed by atoms with Crippen LogP contribution in [0.4, 0.5) is 27.3 Å². The number of nitrogen functional groups attached to an aromatic ring is 1. The summed E-state index contributed by atoms with van der Waals surface area (Å²) >= 11 is 0. The Morgan fingerprint density at radius 1 is 1.06 bits per heavy atom. The highest BCUT2D eigenvalue weighted by Gasteiger charge is 2.21. The molecule has 0 fully saturated rings. The number of rotatable bonds is 3. The van der Waals surface area contributed by atoms with Crippen molar-refractivity contribution in [1.29, 1.82) is 0 Å². The molecule has 2 aliphatic rings. The normalized spacial score (nSPS) is 14.6. The van der Waals surface area contributed by atoms with E-state index >= 15 is 4.39 Å². The van der Waals surface area contributed by atoms with Gasteiger partial charge in [0.1, 0.15) is 18.1 Å². The quantitative estimate of drug-likeness (QED) is 0.375. The number of nitrogens with one attached hydrogen (secondary N) is 2. The smallest absolute Gasteiger partial charge is 0.237 e. The Bertz CT molecular complexity index is 1440. The van der Waals surface area contributed by atoms with E-state index in [0.29, 0.717) is 48.0 Å². The molecule has 0 saturated heterocycles. The molecule has 2 aliphatic heterocycles. The molecule has 0 spiro atoms. The summed E-state index contributed by atoms with van der Waals surface area (Å²) in [6.07, 6.45) is 4.17. The summed E-state index contributed by atoms with van der Waals surface area (Å²) in [5.41, 5.74) is 12.4. The standard InChI is InChI=1S/C26H24FN5O2/c1-14-20(11-31-26-25(14)29-5-7-34-26)19-9-16-10-22(30-12-21(16)24(28)23(19)27)32-18-3-2-15-4-6-33-13-17(15)8-18/h2-3,8-12,29H,4-7,13,28H2,1H3,(H,30,32). The van der Waals surface area contributed by atoms with Crippen molar-refractivity contribution in [2.45, 2.75) is 20.0 Å². The Kier molecular flexibility index (Phi) is 4.95. The molecule has 0 atom stereocenters. The van der Waals surface area contributed by atoms with Crippen molar-refractivity contribution >= 4 is 33.7 Å². The van der Waals surface area contributed by atoms with E-state index in [1.807, 2.05) is 19.1 Å². The number of hydrogen-bond acceptors (Lipinski definition) is 7. The lowest BCUT2D eigenvalue weighted by Crippen LogP contribution is -2.20. The van der Waals surface area contributed by atoms with Crippen molar-refractivity contribution in [3.8, 4) is 17.0 Å². The molecule has 0 unspecified atom stereocenters. The van der Waals surface area contributed by atoms with Crippen LogP contribution in [0.2, 0.25) is 0 Å². The second kappa shape index (κ2) is 8.14. The van der Waals surface area contributed by atoms with E-state index in [4.69, 9.17) is 15.2 Å². The molecule has 0 saturated carbocycles. The Hall–Kier alpha value is -3.91. The molecule has 34 heavy (non-hydrogen) atoms. The van der Waals surface area contributed by atoms with Gasteiger partial charge < -0.3 is 25.8 Å². The van der Waals surface area contributed by atoms with Crippen LogP contribution < -0.4 is 21.1 Å². The second-order valence-corrected chi connectivity index (χ2v) is 8.61. The van der Waals surface area contributed by atoms with Crippen molar-refractivity contribution in [1.82, 2.24) is 9.97 Å². The summed E-state index contributed by atoms with van der Waals surface area (Å²) in [6.45, 7) is 4.53. The second-order valence-electron chi connectivity index (χ2n) is 8.61. The van der Waals surface area contributed by atoms with E-state index in [-0.39, 0.29) is 5.69 Å². The van der Waals surface area contributed by atoms with Gasteiger partial charge in [0.15, 0.2) is 5.82 Å². The van der Waals surface area contributed by atoms with Gasteiger partial charge in [-0.05, 0) is 59.7 Å². The Morgan fingerprint density at radius 2 is 1.97 bits per heavy atom. The molecule has 0 radical (unpaired) electrons. The maximum Gasteiger partial charge on any atom is 0.237 e. The van der Waals surface area contributed by atoms with Gasteiger partial charge in [0, 0.05) is 41.1 Å². The molecule has 4 N–H and O–H groups in total. The number of nitrogens with two attached hydrogens (primary N) is 1. The molecular weight excluding hydrogens is 433 g/mol. The average Bonchev–Trinajstić information content (AvgIpc) is 2.87. The Balaban J connectivity index is 1.40. The van der Waals surface area contributed by atoms with Crippen LogP contribution in [-0.4, -0.2) is 29.7 Å². The first-order valence-electron chi connectivity index (χ1n) is 11.3. The molecule has 172 valence electrons. The zero-order chi connectivity index (χ0) is 23.2. The Labute approximate surface area is 196 Å². The average molecular weight is 458 g/mol. The molecule has 7 nitrogen and oxygen atoms in total. The number of pyridine rings is 2. The SMILES string of the molecule is Cc1c(-c2cc3cc(Nc4ccc5c(c4)COCC5)ncc3c(N)c2F)cnc2c1NCCO2. The lowest BCUT2D eigenvalue weighted by molar-refractivity contribution is 0.111. The molecule has 4 aromatic rings. The fraction of sp³-hybridized carbons (Fsp3) is 0.231. The van der Waals surface area contributed by atoms with E-state index in [9.17, 15) is 0 Å². The highest BCUT2D eigenvalue weighted by molar-refractivity contribution is 5.98. The van der Waals surface area contributed by atoms with Crippen LogP contribution in [0, 0.1) is 12.7 Å². The van der Waals surface area contributed by atoms with Gasteiger partial charge in [-0.1, -0.05) is 6.07 Å². The minimum Gasteiger partial charge on any atom is -0.474 e. The minimum absolute atomic E-state index is 0.0683. The summed E-state index contributed by atoms with van der Waals surface area (Å²) in [5, 5.41) is 8.00. The first-order chi connectivity index (χ1) is 16.6. The minimum atomic E-state index is -0.480. The van der Waals surface area contributed by atoms with Crippen LogP contribution in [0.3, 0.4) is 0 Å². The highest BCUT2D eigenvalue weighted by Crippen LogP contribution is 2.39. The van der Waals surface area contributed by atoms with Gasteiger partial charge in [-0.25, -0.2) is 14.4 Å². The summed E-state index contributed by atoms with van der Waals surface area (Å²) in [4.78, 5) is 8.85. The summed E-state index contributed by atoms with van der Waals surface area (Å²) < 4.78 is 26.6. The number of aromatic nitrogens is 2. The van der Waals surface area contributed by atoms with E-state index in [2.05, 4.69) is 32.7 Å². The van der Waals surface area contributed by atoms with Crippen molar-refractivity contribution in [3.05, 3.63) is 65.2 Å². The van der Waals surface area contributed by atoms with E-state index < -0.39 is 5.82 Å². The molecule has 8 heteroatoms. The van der Waals surface area contributed by atoms with Crippen molar-refractivity contribution in [2.75, 3.05) is 36.1 Å². The van der Waals surface area contributed by atoms with Crippen LogP contribution >= 0.6 is 0 Å². The summed E-state index contributed by atoms with van der Waals surface area (Å²) in [6, 6.07) is 9.93. The monoisotopic (exact) mass is 457 g/mol. The van der Waals surface area contributed by atoms with Crippen LogP contribution in [0.25, 0.3) is 21.9 Å². The van der Waals surface area contributed by atoms with Crippen molar-refractivity contribution in [3.63, 3.8) is 0 Å². The largest absolute Gasteiger partial charge is 0.474 e. The number of halogens is 1. The van der Waals surface area contributed by atoms with Gasteiger partial charge in [-0.2, -0.15) is 0 Å². The number of anilines is 4. The van der Waals surface area contributed by atoms with Gasteiger partial charge in [-0.15, -0.1) is 0 Å². The number of fused-ring (bicyclic) bond motifs is 3. The fourth-order valence-corrected chi connectivity index (χ4v) is 4.65. The zero-order valence-electron chi connectivity index (χ0n) is 18.7. The van der Waals surface area contributed by atoms with E-state index in [0.717, 1.165) is 35.4 Å². The highest BCUT2D eigenvalue weighted by atomic mass is 19.1. The maximum absolute atomic E-state index is 15.4. The molecule has 4 heterocycles. The number of nitrogens with zero attached hydrogens (tertiary/aromatic N) is 2. The maximum atomic E-state index is 15.4. The number of benzene rings is 2. The van der Waals surface area contributed by atoms with E-state index in [1.165, 1.54) is 11.1 Å². The predicted octanol–water partition coefficient (Wildman–Crippen LogP) is 4.95. The van der Waals surface area contributed by atoms with Gasteiger partial charge >= 0.3 is 0 Å². The van der Waals surface area contributed by atoms with Gasteiger partial charge in [0.25, 0.3) is 0 Å². The van der Waals surface area contributed by atoms with Crippen LogP contribution in [-0.2, 0) is 17.8 Å². The summed E-state index contributed by atoms with van der Waals surface area (Å²) in [7, 11) is 0. The molecular formula is C26H24FN5O2. The van der Waals surface area contributed by atoms with Gasteiger partial charge in [0.2, 0.25) is 5.88 Å². The molecule has 0 bridgehead atoms. The molecule has 2 aromatic carbocycles. The fourth-order valence-electron chi connectivity index (χ4n) is 4.65. The first-order valence-corrected chi connectivity index (χ1v) is 11.3. The molecule has 2 aromatic heterocycles. The number of hydrogen-bond donors (Lipinski definition) is 3. The number of ether oxygens (including phenoxy) is 2. The summed E-state index contributed by atoms with van der Waals surface area (Å²) in [5.74, 6) is 0.704. The third-order valence-electron chi connectivity index (χ3n) is 6.49. The molecule has 0 amide bonds. The third kappa shape index (κ3) is 3.47. The van der Waals surface area contributed by atoms with E-state index in [1.54, 1.807) is 18.5 Å². The Morgan fingerprint density at radius 3 is 2.88 bits per heavy atom.